The molecule has 0 unspecified atom stereocenters. The molecule has 0 amide bonds. The van der Waals surface area contributed by atoms with Gasteiger partial charge in [-0.1, -0.05) is 68.9 Å². The van der Waals surface area contributed by atoms with E-state index in [0.717, 1.165) is 10.8 Å². The Morgan fingerprint density at radius 2 is 1.67 bits per heavy atom. The molecule has 3 heteroatoms. The summed E-state index contributed by atoms with van der Waals surface area (Å²) >= 11 is 0. The van der Waals surface area contributed by atoms with E-state index in [-0.39, 0.29) is 0 Å². The number of hydrogen-bond acceptors (Lipinski definition) is 2. The molecule has 2 nitrogen and oxygen atoms in total. The third-order valence-corrected chi connectivity index (χ3v) is 6.80. The van der Waals surface area contributed by atoms with Crippen molar-refractivity contribution in [3.05, 3.63) is 48.0 Å². The van der Waals surface area contributed by atoms with Crippen molar-refractivity contribution < 1.29 is 5.11 Å². The first-order chi connectivity index (χ1) is 11.4. The molecule has 0 spiro atoms. The zero-order valence-electron chi connectivity index (χ0n) is 14.9. The smallest absolute Gasteiger partial charge is 0.123 e. The summed E-state index contributed by atoms with van der Waals surface area (Å²) in [6.07, 6.45) is 6.81. The standard InChI is InChI=1S/C21H27NOSi/c1-24(2,3)20-14-17(16-9-5-4-6-10-16)13-18(21(20)23)15-22-19-11-7-8-12-19/h4-6,9-10,13-15,19,23H,7-8,11-12H2,1-3H3. The molecule has 3 rings (SSSR count). The van der Waals surface area contributed by atoms with E-state index in [9.17, 15) is 5.11 Å². The minimum absolute atomic E-state index is 0.426. The molecule has 0 radical (unpaired) electrons. The third kappa shape index (κ3) is 3.78. The summed E-state index contributed by atoms with van der Waals surface area (Å²) in [5.74, 6) is 0.426. The van der Waals surface area contributed by atoms with Gasteiger partial charge in [-0.15, -0.1) is 0 Å². The van der Waals surface area contributed by atoms with Crippen molar-refractivity contribution in [1.82, 2.24) is 0 Å². The fourth-order valence-corrected chi connectivity index (χ4v) is 4.81. The number of rotatable bonds is 4. The van der Waals surface area contributed by atoms with Gasteiger partial charge in [-0.05, 0) is 35.2 Å². The minimum Gasteiger partial charge on any atom is -0.507 e. The molecule has 1 N–H and O–H groups in total. The van der Waals surface area contributed by atoms with Gasteiger partial charge in [0.2, 0.25) is 0 Å². The zero-order valence-corrected chi connectivity index (χ0v) is 15.9. The molecule has 0 atom stereocenters. The molecule has 0 heterocycles. The molecule has 0 saturated heterocycles. The number of phenolic OH excluding ortho intramolecular Hbond substituents is 1. The van der Waals surface area contributed by atoms with Gasteiger partial charge in [0.25, 0.3) is 0 Å². The molecule has 0 bridgehead atoms. The van der Waals surface area contributed by atoms with Crippen molar-refractivity contribution in [1.29, 1.82) is 0 Å². The summed E-state index contributed by atoms with van der Waals surface area (Å²) in [5.41, 5.74) is 3.21. The van der Waals surface area contributed by atoms with Crippen LogP contribution in [0.3, 0.4) is 0 Å². The number of benzene rings is 2. The highest BCUT2D eigenvalue weighted by atomic mass is 28.3. The lowest BCUT2D eigenvalue weighted by Gasteiger charge is -2.21. The van der Waals surface area contributed by atoms with Crippen LogP contribution in [0.1, 0.15) is 31.2 Å². The largest absolute Gasteiger partial charge is 0.507 e. The Kier molecular flexibility index (Phi) is 4.90. The van der Waals surface area contributed by atoms with Crippen molar-refractivity contribution in [2.45, 2.75) is 51.4 Å². The molecule has 1 aliphatic carbocycles. The second-order valence-electron chi connectivity index (χ2n) is 7.79. The highest BCUT2D eigenvalue weighted by Gasteiger charge is 2.23. The van der Waals surface area contributed by atoms with Crippen LogP contribution in [0.4, 0.5) is 0 Å². The summed E-state index contributed by atoms with van der Waals surface area (Å²) in [5, 5.41) is 11.9. The molecule has 1 saturated carbocycles. The zero-order chi connectivity index (χ0) is 17.2. The van der Waals surface area contributed by atoms with Crippen molar-refractivity contribution >= 4 is 19.5 Å². The van der Waals surface area contributed by atoms with Crippen molar-refractivity contribution in [2.75, 3.05) is 0 Å². The summed E-state index contributed by atoms with van der Waals surface area (Å²) < 4.78 is 0. The molecule has 24 heavy (non-hydrogen) atoms. The molecular weight excluding hydrogens is 310 g/mol. The highest BCUT2D eigenvalue weighted by Crippen LogP contribution is 2.27. The van der Waals surface area contributed by atoms with Gasteiger partial charge in [0.1, 0.15) is 5.75 Å². The first-order valence-electron chi connectivity index (χ1n) is 8.91. The second kappa shape index (κ2) is 6.94. The monoisotopic (exact) mass is 337 g/mol. The van der Waals surface area contributed by atoms with Crippen LogP contribution in [-0.2, 0) is 0 Å². The normalized spacial score (nSPS) is 16.1. The lowest BCUT2D eigenvalue weighted by atomic mass is 10.0. The average Bonchev–Trinajstić information content (AvgIpc) is 3.07. The van der Waals surface area contributed by atoms with Crippen LogP contribution < -0.4 is 5.19 Å². The first-order valence-corrected chi connectivity index (χ1v) is 12.4. The average molecular weight is 338 g/mol. The van der Waals surface area contributed by atoms with Crippen LogP contribution in [0.15, 0.2) is 47.5 Å². The van der Waals surface area contributed by atoms with E-state index in [1.807, 2.05) is 12.3 Å². The summed E-state index contributed by atoms with van der Waals surface area (Å²) in [7, 11) is -1.65. The van der Waals surface area contributed by atoms with Crippen LogP contribution in [-0.4, -0.2) is 25.4 Å². The van der Waals surface area contributed by atoms with Gasteiger partial charge in [-0.25, -0.2) is 0 Å². The second-order valence-corrected chi connectivity index (χ2v) is 12.8. The van der Waals surface area contributed by atoms with Gasteiger partial charge in [-0.3, -0.25) is 4.99 Å². The first kappa shape index (κ1) is 17.0. The Hall–Kier alpha value is -1.87. The fraction of sp³-hybridized carbons (Fsp3) is 0.381. The highest BCUT2D eigenvalue weighted by molar-refractivity contribution is 6.89. The maximum atomic E-state index is 10.8. The van der Waals surface area contributed by atoms with Gasteiger partial charge in [0.05, 0.1) is 8.07 Å². The summed E-state index contributed by atoms with van der Waals surface area (Å²) in [6.45, 7) is 6.82. The van der Waals surface area contributed by atoms with Gasteiger partial charge >= 0.3 is 0 Å². The van der Waals surface area contributed by atoms with Crippen molar-refractivity contribution in [3.63, 3.8) is 0 Å². The van der Waals surface area contributed by atoms with Crippen LogP contribution in [0, 0.1) is 0 Å². The molecule has 126 valence electrons. The van der Waals surface area contributed by atoms with Crippen LogP contribution in [0.5, 0.6) is 5.75 Å². The number of hydrogen-bond donors (Lipinski definition) is 1. The summed E-state index contributed by atoms with van der Waals surface area (Å²) in [4.78, 5) is 4.74. The van der Waals surface area contributed by atoms with E-state index in [2.05, 4.69) is 56.0 Å². The lowest BCUT2D eigenvalue weighted by Crippen LogP contribution is -2.38. The molecule has 1 fully saturated rings. The van der Waals surface area contributed by atoms with E-state index >= 15 is 0 Å². The van der Waals surface area contributed by atoms with Crippen LogP contribution >= 0.6 is 0 Å². The third-order valence-electron chi connectivity index (χ3n) is 4.80. The molecule has 0 aliphatic heterocycles. The topological polar surface area (TPSA) is 32.6 Å². The van der Waals surface area contributed by atoms with E-state index in [0.29, 0.717) is 11.8 Å². The van der Waals surface area contributed by atoms with E-state index < -0.39 is 8.07 Å². The van der Waals surface area contributed by atoms with E-state index in [1.165, 1.54) is 36.8 Å². The van der Waals surface area contributed by atoms with Gasteiger partial charge < -0.3 is 5.11 Å². The minimum atomic E-state index is -1.65. The SMILES string of the molecule is C[Si](C)(C)c1cc(-c2ccccc2)cc(C=NC2CCCC2)c1O. The number of nitrogens with zero attached hydrogens (tertiary/aromatic N) is 1. The number of aromatic hydroxyl groups is 1. The Bertz CT molecular complexity index is 725. The van der Waals surface area contributed by atoms with Gasteiger partial charge in [-0.2, -0.15) is 0 Å². The lowest BCUT2D eigenvalue weighted by molar-refractivity contribution is 0.478. The van der Waals surface area contributed by atoms with Gasteiger partial charge in [0.15, 0.2) is 0 Å². The Morgan fingerprint density at radius 3 is 2.29 bits per heavy atom. The predicted octanol–water partition coefficient (Wildman–Crippen LogP) is 4.97. The molecule has 2 aromatic carbocycles. The predicted molar refractivity (Wildman–Crippen MR) is 106 cm³/mol. The number of aliphatic imine (C=N–C) groups is 1. The van der Waals surface area contributed by atoms with Crippen molar-refractivity contribution in [2.24, 2.45) is 4.99 Å². The Labute approximate surface area is 146 Å². The number of phenols is 1. The quantitative estimate of drug-likeness (QED) is 0.620. The summed E-state index contributed by atoms with van der Waals surface area (Å²) in [6, 6.07) is 15.1. The Balaban J connectivity index is 2.06. The van der Waals surface area contributed by atoms with E-state index in [1.54, 1.807) is 0 Å². The van der Waals surface area contributed by atoms with Crippen LogP contribution in [0.2, 0.25) is 19.6 Å². The van der Waals surface area contributed by atoms with Crippen molar-refractivity contribution in [3.8, 4) is 16.9 Å². The maximum Gasteiger partial charge on any atom is 0.123 e. The van der Waals surface area contributed by atoms with E-state index in [4.69, 9.17) is 4.99 Å². The molecular formula is C21H27NOSi. The van der Waals surface area contributed by atoms with Crippen LogP contribution in [0.25, 0.3) is 11.1 Å². The molecule has 1 aliphatic rings. The molecule has 2 aromatic rings. The Morgan fingerprint density at radius 1 is 1.00 bits per heavy atom. The molecule has 0 aromatic heterocycles. The maximum absolute atomic E-state index is 10.8. The van der Waals surface area contributed by atoms with Gasteiger partial charge in [0, 0.05) is 17.8 Å². The fourth-order valence-electron chi connectivity index (χ4n) is 3.36.